The van der Waals surface area contributed by atoms with Crippen LogP contribution in [0, 0.1) is 0 Å². The molecule has 0 aliphatic heterocycles. The van der Waals surface area contributed by atoms with Crippen LogP contribution in [0.4, 0.5) is 0 Å². The zero-order valence-electron chi connectivity index (χ0n) is 12.4. The monoisotopic (exact) mass is 337 g/mol. The molecule has 1 aromatic carbocycles. The molecule has 6 heteroatoms. The largest absolute Gasteiger partial charge is 0.356 e. The smallest absolute Gasteiger partial charge is 0.220 e. The normalized spacial score (nSPS) is 10.6. The Morgan fingerprint density at radius 2 is 2.09 bits per heavy atom. The zero-order chi connectivity index (χ0) is 15.6. The van der Waals surface area contributed by atoms with Gasteiger partial charge in [0.05, 0.1) is 6.33 Å². The number of rotatable bonds is 9. The van der Waals surface area contributed by atoms with Crippen molar-refractivity contribution in [2.45, 2.75) is 30.7 Å². The summed E-state index contributed by atoms with van der Waals surface area (Å²) in [6, 6.07) is 7.78. The molecule has 0 aliphatic carbocycles. The van der Waals surface area contributed by atoms with Crippen molar-refractivity contribution in [1.82, 2.24) is 14.9 Å². The van der Waals surface area contributed by atoms with Gasteiger partial charge in [0.2, 0.25) is 5.91 Å². The van der Waals surface area contributed by atoms with Gasteiger partial charge >= 0.3 is 0 Å². The molecule has 2 rings (SSSR count). The van der Waals surface area contributed by atoms with Gasteiger partial charge in [-0.15, -0.1) is 11.8 Å². The van der Waals surface area contributed by atoms with Gasteiger partial charge in [0, 0.05) is 41.8 Å². The Morgan fingerprint density at radius 1 is 1.27 bits per heavy atom. The minimum Gasteiger partial charge on any atom is -0.356 e. The number of hydrogen-bond acceptors (Lipinski definition) is 3. The van der Waals surface area contributed by atoms with E-state index in [1.807, 2.05) is 35.0 Å². The molecule has 0 radical (unpaired) electrons. The van der Waals surface area contributed by atoms with Crippen LogP contribution in [0.3, 0.4) is 0 Å². The number of nitrogens with zero attached hydrogens (tertiary/aromatic N) is 2. The lowest BCUT2D eigenvalue weighted by Gasteiger charge is -2.06. The fourth-order valence-corrected chi connectivity index (χ4v) is 2.93. The summed E-state index contributed by atoms with van der Waals surface area (Å²) < 4.78 is 2.01. The molecule has 0 atom stereocenters. The molecule has 0 fully saturated rings. The maximum absolute atomic E-state index is 11.7. The van der Waals surface area contributed by atoms with Crippen LogP contribution in [0.5, 0.6) is 0 Å². The number of nitrogens with one attached hydrogen (secondary N) is 1. The average Bonchev–Trinajstić information content (AvgIpc) is 3.03. The maximum atomic E-state index is 11.7. The molecule has 1 aromatic heterocycles. The molecule has 2 aromatic rings. The fourth-order valence-electron chi connectivity index (χ4n) is 1.95. The van der Waals surface area contributed by atoms with Crippen LogP contribution in [-0.2, 0) is 11.3 Å². The molecule has 1 heterocycles. The van der Waals surface area contributed by atoms with E-state index in [4.69, 9.17) is 11.6 Å². The molecule has 1 N–H and O–H groups in total. The van der Waals surface area contributed by atoms with E-state index in [0.717, 1.165) is 30.2 Å². The highest BCUT2D eigenvalue weighted by atomic mass is 35.5. The Morgan fingerprint density at radius 3 is 2.82 bits per heavy atom. The Labute approximate surface area is 140 Å². The lowest BCUT2D eigenvalue weighted by Crippen LogP contribution is -2.24. The summed E-state index contributed by atoms with van der Waals surface area (Å²) in [6.45, 7) is 1.59. The second-order valence-corrected chi connectivity index (χ2v) is 6.51. The number of thioether (sulfide) groups is 1. The molecule has 4 nitrogen and oxygen atoms in total. The summed E-state index contributed by atoms with van der Waals surface area (Å²) in [4.78, 5) is 16.9. The van der Waals surface area contributed by atoms with Crippen molar-refractivity contribution in [3.63, 3.8) is 0 Å². The first-order chi connectivity index (χ1) is 10.7. The van der Waals surface area contributed by atoms with Crippen LogP contribution >= 0.6 is 23.4 Å². The predicted molar refractivity (Wildman–Crippen MR) is 91.3 cm³/mol. The van der Waals surface area contributed by atoms with E-state index in [-0.39, 0.29) is 5.91 Å². The zero-order valence-corrected chi connectivity index (χ0v) is 13.9. The van der Waals surface area contributed by atoms with Crippen LogP contribution in [0.1, 0.15) is 19.3 Å². The van der Waals surface area contributed by atoms with Crippen LogP contribution < -0.4 is 5.32 Å². The Balaban J connectivity index is 1.49. The van der Waals surface area contributed by atoms with E-state index in [9.17, 15) is 4.79 Å². The summed E-state index contributed by atoms with van der Waals surface area (Å²) in [5.74, 6) is 1.06. The third-order valence-electron chi connectivity index (χ3n) is 3.10. The van der Waals surface area contributed by atoms with Gasteiger partial charge in [0.25, 0.3) is 0 Å². The third-order valence-corrected chi connectivity index (χ3v) is 4.46. The first-order valence-corrected chi connectivity index (χ1v) is 8.71. The number of carbonyl (C=O) groups excluding carboxylic acids is 1. The summed E-state index contributed by atoms with van der Waals surface area (Å²) in [5.41, 5.74) is 0. The van der Waals surface area contributed by atoms with Crippen LogP contribution in [0.2, 0.25) is 5.02 Å². The van der Waals surface area contributed by atoms with Gasteiger partial charge in [-0.05, 0) is 42.9 Å². The van der Waals surface area contributed by atoms with Crippen molar-refractivity contribution in [3.8, 4) is 0 Å². The van der Waals surface area contributed by atoms with Crippen molar-refractivity contribution in [3.05, 3.63) is 48.0 Å². The van der Waals surface area contributed by atoms with Gasteiger partial charge in [-0.3, -0.25) is 4.79 Å². The predicted octanol–water partition coefficient (Wildman–Crippen LogP) is 3.62. The molecule has 0 saturated heterocycles. The highest BCUT2D eigenvalue weighted by molar-refractivity contribution is 7.99. The highest BCUT2D eigenvalue weighted by Crippen LogP contribution is 2.21. The maximum Gasteiger partial charge on any atom is 0.220 e. The van der Waals surface area contributed by atoms with Gasteiger partial charge < -0.3 is 9.88 Å². The SMILES string of the molecule is O=C(CCCSc1ccc(Cl)cc1)NCCCn1ccnc1. The van der Waals surface area contributed by atoms with E-state index >= 15 is 0 Å². The number of aromatic nitrogens is 2. The number of hydrogen-bond donors (Lipinski definition) is 1. The first kappa shape index (κ1) is 16.9. The van der Waals surface area contributed by atoms with Crippen molar-refractivity contribution >= 4 is 29.3 Å². The van der Waals surface area contributed by atoms with Crippen molar-refractivity contribution in [1.29, 1.82) is 0 Å². The number of halogens is 1. The van der Waals surface area contributed by atoms with Crippen molar-refractivity contribution in [2.24, 2.45) is 0 Å². The Hall–Kier alpha value is -1.46. The molecule has 0 bridgehead atoms. The molecule has 0 saturated carbocycles. The quantitative estimate of drug-likeness (QED) is 0.561. The van der Waals surface area contributed by atoms with Gasteiger partial charge in [0.1, 0.15) is 0 Å². The number of amides is 1. The molecule has 0 aliphatic rings. The number of imidazole rings is 1. The number of aryl methyl sites for hydroxylation is 1. The third kappa shape index (κ3) is 6.54. The summed E-state index contributed by atoms with van der Waals surface area (Å²) >= 11 is 7.59. The standard InChI is InChI=1S/C16H20ClN3OS/c17-14-4-6-15(7-5-14)22-12-1-3-16(21)19-8-2-10-20-11-9-18-13-20/h4-7,9,11,13H,1-3,8,10,12H2,(H,19,21). The number of carbonyl (C=O) groups is 1. The summed E-state index contributed by atoms with van der Waals surface area (Å²) in [5, 5.41) is 3.70. The molecule has 0 spiro atoms. The summed E-state index contributed by atoms with van der Waals surface area (Å²) in [6.07, 6.45) is 7.84. The van der Waals surface area contributed by atoms with E-state index in [0.29, 0.717) is 13.0 Å². The lowest BCUT2D eigenvalue weighted by molar-refractivity contribution is -0.121. The van der Waals surface area contributed by atoms with E-state index < -0.39 is 0 Å². The van der Waals surface area contributed by atoms with E-state index in [1.54, 1.807) is 24.3 Å². The van der Waals surface area contributed by atoms with Crippen LogP contribution in [0.15, 0.2) is 47.9 Å². The topological polar surface area (TPSA) is 46.9 Å². The van der Waals surface area contributed by atoms with Gasteiger partial charge in [-0.2, -0.15) is 0 Å². The average molecular weight is 338 g/mol. The molecule has 118 valence electrons. The van der Waals surface area contributed by atoms with Crippen LogP contribution in [0.25, 0.3) is 0 Å². The fraction of sp³-hybridized carbons (Fsp3) is 0.375. The minimum atomic E-state index is 0.127. The summed E-state index contributed by atoms with van der Waals surface area (Å²) in [7, 11) is 0. The van der Waals surface area contributed by atoms with E-state index in [2.05, 4.69) is 10.3 Å². The minimum absolute atomic E-state index is 0.127. The molecule has 0 unspecified atom stereocenters. The second-order valence-electron chi connectivity index (χ2n) is 4.91. The van der Waals surface area contributed by atoms with Gasteiger partial charge in [-0.25, -0.2) is 4.98 Å². The number of benzene rings is 1. The van der Waals surface area contributed by atoms with Gasteiger partial charge in [-0.1, -0.05) is 11.6 Å². The second kappa shape index (κ2) is 9.54. The van der Waals surface area contributed by atoms with Gasteiger partial charge in [0.15, 0.2) is 0 Å². The Kier molecular flexibility index (Phi) is 7.33. The molecule has 1 amide bonds. The van der Waals surface area contributed by atoms with Crippen molar-refractivity contribution < 1.29 is 4.79 Å². The van der Waals surface area contributed by atoms with Crippen molar-refractivity contribution in [2.75, 3.05) is 12.3 Å². The Bertz CT molecular complexity index is 557. The molecular formula is C16H20ClN3OS. The molecule has 22 heavy (non-hydrogen) atoms. The highest BCUT2D eigenvalue weighted by Gasteiger charge is 2.01. The first-order valence-electron chi connectivity index (χ1n) is 7.35. The lowest BCUT2D eigenvalue weighted by atomic mass is 10.3. The van der Waals surface area contributed by atoms with E-state index in [1.165, 1.54) is 4.90 Å². The van der Waals surface area contributed by atoms with Crippen LogP contribution in [-0.4, -0.2) is 27.8 Å². The molecular weight excluding hydrogens is 318 g/mol.